The quantitative estimate of drug-likeness (QED) is 0.711. The van der Waals surface area contributed by atoms with Gasteiger partial charge in [0.1, 0.15) is 5.82 Å². The third-order valence-electron chi connectivity index (χ3n) is 2.55. The van der Waals surface area contributed by atoms with Crippen molar-refractivity contribution in [1.82, 2.24) is 9.38 Å². The van der Waals surface area contributed by atoms with E-state index in [1.165, 1.54) is 5.56 Å². The number of hydrogen-bond acceptors (Lipinski definition) is 1. The zero-order valence-corrected chi connectivity index (χ0v) is 10.0. The molecule has 0 aliphatic carbocycles. The van der Waals surface area contributed by atoms with Crippen molar-refractivity contribution in [2.75, 3.05) is 0 Å². The third kappa shape index (κ3) is 1.74. The van der Waals surface area contributed by atoms with Crippen LogP contribution in [0.4, 0.5) is 0 Å². The summed E-state index contributed by atoms with van der Waals surface area (Å²) in [5.41, 5.74) is 3.35. The Morgan fingerprint density at radius 3 is 2.80 bits per heavy atom. The highest BCUT2D eigenvalue weighted by atomic mass is 35.5. The van der Waals surface area contributed by atoms with Crippen molar-refractivity contribution in [3.05, 3.63) is 35.4 Å². The largest absolute Gasteiger partial charge is 0.303 e. The van der Waals surface area contributed by atoms with E-state index >= 15 is 0 Å². The second-order valence-electron chi connectivity index (χ2n) is 4.16. The fraction of sp³-hybridized carbons (Fsp3) is 0.417. The van der Waals surface area contributed by atoms with E-state index in [9.17, 15) is 0 Å². The molecule has 2 rings (SSSR count). The Labute approximate surface area is 94.9 Å². The number of aromatic nitrogens is 2. The normalized spacial score (nSPS) is 11.5. The van der Waals surface area contributed by atoms with Gasteiger partial charge in [0.15, 0.2) is 0 Å². The molecule has 15 heavy (non-hydrogen) atoms. The molecule has 0 saturated carbocycles. The second kappa shape index (κ2) is 3.86. The van der Waals surface area contributed by atoms with Crippen LogP contribution in [0, 0.1) is 6.92 Å². The number of pyridine rings is 1. The molecule has 0 unspecified atom stereocenters. The Hall–Kier alpha value is -1.02. The highest BCUT2D eigenvalue weighted by Crippen LogP contribution is 2.21. The van der Waals surface area contributed by atoms with Crippen LogP contribution in [0.2, 0.25) is 0 Å². The van der Waals surface area contributed by atoms with Crippen LogP contribution in [0.1, 0.15) is 36.8 Å². The third-order valence-corrected chi connectivity index (χ3v) is 2.80. The van der Waals surface area contributed by atoms with Gasteiger partial charge in [-0.05, 0) is 24.6 Å². The van der Waals surface area contributed by atoms with Gasteiger partial charge in [-0.2, -0.15) is 0 Å². The van der Waals surface area contributed by atoms with Crippen LogP contribution in [0.3, 0.4) is 0 Å². The molecule has 2 heterocycles. The van der Waals surface area contributed by atoms with Crippen LogP contribution < -0.4 is 0 Å². The predicted molar refractivity (Wildman–Crippen MR) is 63.6 cm³/mol. The molecule has 2 aromatic rings. The van der Waals surface area contributed by atoms with E-state index in [0.29, 0.717) is 11.8 Å². The van der Waals surface area contributed by atoms with Gasteiger partial charge < -0.3 is 4.40 Å². The van der Waals surface area contributed by atoms with Crippen LogP contribution in [-0.2, 0) is 5.88 Å². The van der Waals surface area contributed by atoms with E-state index in [4.69, 9.17) is 11.6 Å². The fourth-order valence-electron chi connectivity index (χ4n) is 1.78. The summed E-state index contributed by atoms with van der Waals surface area (Å²) in [6.07, 6.45) is 2.07. The van der Waals surface area contributed by atoms with E-state index in [-0.39, 0.29) is 0 Å². The summed E-state index contributed by atoms with van der Waals surface area (Å²) in [7, 11) is 0. The summed E-state index contributed by atoms with van der Waals surface area (Å²) in [5.74, 6) is 1.97. The lowest BCUT2D eigenvalue weighted by atomic mass is 10.2. The fourth-order valence-corrected chi connectivity index (χ4v) is 1.98. The minimum Gasteiger partial charge on any atom is -0.303 e. The molecule has 0 atom stereocenters. The van der Waals surface area contributed by atoms with Crippen molar-refractivity contribution in [2.24, 2.45) is 0 Å². The van der Waals surface area contributed by atoms with E-state index in [1.807, 2.05) is 0 Å². The zero-order chi connectivity index (χ0) is 11.0. The van der Waals surface area contributed by atoms with Gasteiger partial charge in [0.2, 0.25) is 0 Å². The maximum atomic E-state index is 5.90. The van der Waals surface area contributed by atoms with E-state index < -0.39 is 0 Å². The second-order valence-corrected chi connectivity index (χ2v) is 4.43. The highest BCUT2D eigenvalue weighted by Gasteiger charge is 2.12. The molecule has 0 aliphatic heterocycles. The molecule has 0 N–H and O–H groups in total. The highest BCUT2D eigenvalue weighted by molar-refractivity contribution is 6.17. The van der Waals surface area contributed by atoms with Gasteiger partial charge in [0, 0.05) is 12.1 Å². The van der Waals surface area contributed by atoms with Gasteiger partial charge in [-0.25, -0.2) is 4.98 Å². The minimum atomic E-state index is 0.414. The number of rotatable bonds is 2. The first-order valence-electron chi connectivity index (χ1n) is 5.17. The summed E-state index contributed by atoms with van der Waals surface area (Å²) in [5, 5.41) is 0. The van der Waals surface area contributed by atoms with Gasteiger partial charge in [0.05, 0.1) is 17.1 Å². The van der Waals surface area contributed by atoms with E-state index in [1.54, 1.807) is 0 Å². The Bertz CT molecular complexity index is 486. The molecule has 0 fully saturated rings. The average Bonchev–Trinajstić information content (AvgIpc) is 2.55. The van der Waals surface area contributed by atoms with Crippen molar-refractivity contribution in [3.63, 3.8) is 0 Å². The molecule has 0 aromatic carbocycles. The lowest BCUT2D eigenvalue weighted by Gasteiger charge is -2.03. The SMILES string of the molecule is Cc1ccn2c(C(C)C)nc(CCl)c2c1. The van der Waals surface area contributed by atoms with Crippen molar-refractivity contribution in [1.29, 1.82) is 0 Å². The van der Waals surface area contributed by atoms with Crippen molar-refractivity contribution in [3.8, 4) is 0 Å². The van der Waals surface area contributed by atoms with Gasteiger partial charge >= 0.3 is 0 Å². The first kappa shape index (κ1) is 10.5. The van der Waals surface area contributed by atoms with Crippen LogP contribution in [0.25, 0.3) is 5.52 Å². The molecule has 0 saturated heterocycles. The molecule has 2 nitrogen and oxygen atoms in total. The van der Waals surface area contributed by atoms with Crippen molar-refractivity contribution < 1.29 is 0 Å². The van der Waals surface area contributed by atoms with Crippen molar-refractivity contribution in [2.45, 2.75) is 32.6 Å². The van der Waals surface area contributed by atoms with E-state index in [0.717, 1.165) is 17.0 Å². The Balaban J connectivity index is 2.75. The summed E-state index contributed by atoms with van der Waals surface area (Å²) in [4.78, 5) is 4.58. The molecule has 0 radical (unpaired) electrons. The van der Waals surface area contributed by atoms with Gasteiger partial charge in [-0.3, -0.25) is 0 Å². The maximum absolute atomic E-state index is 5.90. The molecule has 0 amide bonds. The topological polar surface area (TPSA) is 17.3 Å². The van der Waals surface area contributed by atoms with Crippen molar-refractivity contribution >= 4 is 17.1 Å². The Kier molecular flexibility index (Phi) is 2.70. The number of hydrogen-bond donors (Lipinski definition) is 0. The molecule has 0 bridgehead atoms. The number of imidazole rings is 1. The van der Waals surface area contributed by atoms with Gasteiger partial charge in [-0.15, -0.1) is 11.6 Å². The zero-order valence-electron chi connectivity index (χ0n) is 9.29. The monoisotopic (exact) mass is 222 g/mol. The first-order chi connectivity index (χ1) is 7.13. The summed E-state index contributed by atoms with van der Waals surface area (Å²) >= 11 is 5.90. The number of nitrogens with zero attached hydrogens (tertiary/aromatic N) is 2. The van der Waals surface area contributed by atoms with Crippen LogP contribution >= 0.6 is 11.6 Å². The lowest BCUT2D eigenvalue weighted by Crippen LogP contribution is -1.96. The van der Waals surface area contributed by atoms with Gasteiger partial charge in [0.25, 0.3) is 0 Å². The van der Waals surface area contributed by atoms with Crippen LogP contribution in [0.5, 0.6) is 0 Å². The van der Waals surface area contributed by atoms with Gasteiger partial charge in [-0.1, -0.05) is 13.8 Å². The average molecular weight is 223 g/mol. The molecule has 3 heteroatoms. The number of aryl methyl sites for hydroxylation is 1. The maximum Gasteiger partial charge on any atom is 0.116 e. The lowest BCUT2D eigenvalue weighted by molar-refractivity contribution is 0.767. The van der Waals surface area contributed by atoms with Crippen LogP contribution in [-0.4, -0.2) is 9.38 Å². The summed E-state index contributed by atoms with van der Waals surface area (Å²) in [6.45, 7) is 6.37. The molecule has 2 aromatic heterocycles. The first-order valence-corrected chi connectivity index (χ1v) is 5.70. The molecule has 0 aliphatic rings. The molecule has 80 valence electrons. The molecular weight excluding hydrogens is 208 g/mol. The standard InChI is InChI=1S/C12H15ClN2/c1-8(2)12-14-10(7-13)11-6-9(3)4-5-15(11)12/h4-6,8H,7H2,1-3H3. The predicted octanol–water partition coefficient (Wildman–Crippen LogP) is 3.50. The number of fused-ring (bicyclic) bond motifs is 1. The number of alkyl halides is 1. The Morgan fingerprint density at radius 2 is 2.20 bits per heavy atom. The minimum absolute atomic E-state index is 0.414. The molecular formula is C12H15ClN2. The molecule has 0 spiro atoms. The van der Waals surface area contributed by atoms with Crippen LogP contribution in [0.15, 0.2) is 18.3 Å². The summed E-state index contributed by atoms with van der Waals surface area (Å²) in [6, 6.07) is 4.23. The summed E-state index contributed by atoms with van der Waals surface area (Å²) < 4.78 is 2.13. The number of halogens is 1. The Morgan fingerprint density at radius 1 is 1.47 bits per heavy atom. The smallest absolute Gasteiger partial charge is 0.116 e. The van der Waals surface area contributed by atoms with E-state index in [2.05, 4.69) is 48.5 Å².